The van der Waals surface area contributed by atoms with Gasteiger partial charge in [-0.25, -0.2) is 4.98 Å². The molecular weight excluding hydrogens is 606 g/mol. The summed E-state index contributed by atoms with van der Waals surface area (Å²) in [6, 6.07) is 45.6. The Hall–Kier alpha value is -5.72. The van der Waals surface area contributed by atoms with Crippen molar-refractivity contribution in [3.05, 3.63) is 162 Å². The fourth-order valence-electron chi connectivity index (χ4n) is 6.03. The fraction of sp³-hybridized carbons (Fsp3) is 0.163. The molecule has 0 aliphatic heterocycles. The van der Waals surface area contributed by atoms with Gasteiger partial charge in [-0.2, -0.15) is 0 Å². The van der Waals surface area contributed by atoms with Crippen LogP contribution < -0.4 is 10.1 Å². The summed E-state index contributed by atoms with van der Waals surface area (Å²) in [5.74, 6) is 0.934. The quantitative estimate of drug-likeness (QED) is 0.123. The van der Waals surface area contributed by atoms with Crippen molar-refractivity contribution >= 4 is 28.0 Å². The highest BCUT2D eigenvalue weighted by Gasteiger charge is 2.15. The normalized spacial score (nSPS) is 11.7. The van der Waals surface area contributed by atoms with Gasteiger partial charge in [0.15, 0.2) is 0 Å². The van der Waals surface area contributed by atoms with E-state index in [1.54, 1.807) is 12.1 Å². The first-order valence-electron chi connectivity index (χ1n) is 16.7. The SMILES string of the molecule is CC/C(=C(/c1ccc(O)cc1)c1ccc(OCCN(C)CCNC(=O)c2cc(-c3ccccc3)nc3ccccc23)cc1)c1ccccc1. The zero-order valence-electron chi connectivity index (χ0n) is 28.0. The van der Waals surface area contributed by atoms with Gasteiger partial charge >= 0.3 is 0 Å². The lowest BCUT2D eigenvalue weighted by molar-refractivity contribution is 0.0951. The van der Waals surface area contributed by atoms with Crippen LogP contribution in [0.4, 0.5) is 0 Å². The molecule has 1 amide bonds. The first-order valence-corrected chi connectivity index (χ1v) is 16.7. The van der Waals surface area contributed by atoms with Crippen molar-refractivity contribution < 1.29 is 14.6 Å². The second-order valence-electron chi connectivity index (χ2n) is 12.0. The van der Waals surface area contributed by atoms with Crippen LogP contribution in [0.25, 0.3) is 33.3 Å². The molecule has 0 atom stereocenters. The minimum Gasteiger partial charge on any atom is -0.508 e. The van der Waals surface area contributed by atoms with E-state index in [4.69, 9.17) is 9.72 Å². The highest BCUT2D eigenvalue weighted by atomic mass is 16.5. The van der Waals surface area contributed by atoms with E-state index >= 15 is 0 Å². The number of fused-ring (bicyclic) bond motifs is 1. The van der Waals surface area contributed by atoms with Gasteiger partial charge in [0.1, 0.15) is 18.1 Å². The number of likely N-dealkylation sites (N-methyl/N-ethyl adjacent to an activating group) is 1. The van der Waals surface area contributed by atoms with E-state index in [2.05, 4.69) is 53.5 Å². The number of nitrogens with one attached hydrogen (secondary N) is 1. The van der Waals surface area contributed by atoms with Gasteiger partial charge in [0.25, 0.3) is 5.91 Å². The van der Waals surface area contributed by atoms with Crippen LogP contribution in [-0.4, -0.2) is 54.2 Å². The molecule has 0 radical (unpaired) electrons. The molecule has 0 spiro atoms. The van der Waals surface area contributed by atoms with Crippen molar-refractivity contribution in [2.75, 3.05) is 33.3 Å². The number of hydrogen-bond donors (Lipinski definition) is 2. The first-order chi connectivity index (χ1) is 24.0. The third kappa shape index (κ3) is 8.23. The number of phenols is 1. The number of nitrogens with zero attached hydrogens (tertiary/aromatic N) is 2. The second-order valence-corrected chi connectivity index (χ2v) is 12.0. The van der Waals surface area contributed by atoms with E-state index < -0.39 is 0 Å². The molecule has 0 aliphatic carbocycles. The number of pyridine rings is 1. The number of ether oxygens (including phenoxy) is 1. The Labute approximate surface area is 288 Å². The average molecular weight is 648 g/mol. The molecule has 6 heteroatoms. The highest BCUT2D eigenvalue weighted by Crippen LogP contribution is 2.35. The number of amides is 1. The van der Waals surface area contributed by atoms with Gasteiger partial charge in [0.2, 0.25) is 0 Å². The van der Waals surface area contributed by atoms with E-state index in [9.17, 15) is 9.90 Å². The largest absolute Gasteiger partial charge is 0.508 e. The summed E-state index contributed by atoms with van der Waals surface area (Å²) in [5.41, 5.74) is 8.87. The van der Waals surface area contributed by atoms with Gasteiger partial charge in [0.05, 0.1) is 16.8 Å². The van der Waals surface area contributed by atoms with Crippen molar-refractivity contribution in [3.8, 4) is 22.8 Å². The van der Waals surface area contributed by atoms with Gasteiger partial charge in [-0.1, -0.05) is 110 Å². The monoisotopic (exact) mass is 647 g/mol. The van der Waals surface area contributed by atoms with Gasteiger partial charge in [-0.3, -0.25) is 4.79 Å². The smallest absolute Gasteiger partial charge is 0.252 e. The molecule has 1 aromatic heterocycles. The van der Waals surface area contributed by atoms with Gasteiger partial charge in [0, 0.05) is 30.6 Å². The minimum absolute atomic E-state index is 0.111. The summed E-state index contributed by atoms with van der Waals surface area (Å²) in [7, 11) is 2.03. The number of phenolic OH excluding ortho intramolecular Hbond substituents is 1. The predicted molar refractivity (Wildman–Crippen MR) is 200 cm³/mol. The molecule has 49 heavy (non-hydrogen) atoms. The van der Waals surface area contributed by atoms with Crippen LogP contribution in [0.5, 0.6) is 11.5 Å². The van der Waals surface area contributed by atoms with Crippen LogP contribution in [0.15, 0.2) is 140 Å². The Morgan fingerprint density at radius 3 is 2.08 bits per heavy atom. The van der Waals surface area contributed by atoms with E-state index in [0.29, 0.717) is 31.8 Å². The molecule has 246 valence electrons. The molecule has 5 aromatic carbocycles. The lowest BCUT2D eigenvalue weighted by atomic mass is 9.88. The molecule has 0 unspecified atom stereocenters. The number of rotatable bonds is 13. The summed E-state index contributed by atoms with van der Waals surface area (Å²) in [6.45, 7) is 4.59. The van der Waals surface area contributed by atoms with Crippen LogP contribution in [-0.2, 0) is 0 Å². The number of aromatic nitrogens is 1. The van der Waals surface area contributed by atoms with Crippen LogP contribution in [0.2, 0.25) is 0 Å². The molecule has 0 saturated heterocycles. The predicted octanol–water partition coefficient (Wildman–Crippen LogP) is 8.72. The van der Waals surface area contributed by atoms with Crippen LogP contribution >= 0.6 is 0 Å². The van der Waals surface area contributed by atoms with E-state index in [1.807, 2.05) is 98.0 Å². The Morgan fingerprint density at radius 1 is 0.755 bits per heavy atom. The lowest BCUT2D eigenvalue weighted by Crippen LogP contribution is -2.34. The zero-order chi connectivity index (χ0) is 34.0. The maximum Gasteiger partial charge on any atom is 0.252 e. The number of carbonyl (C=O) groups is 1. The molecule has 0 saturated carbocycles. The van der Waals surface area contributed by atoms with Crippen molar-refractivity contribution in [2.45, 2.75) is 13.3 Å². The second kappa shape index (κ2) is 15.9. The molecular formula is C43H41N3O3. The maximum absolute atomic E-state index is 13.3. The molecule has 6 aromatic rings. The van der Waals surface area contributed by atoms with Crippen LogP contribution in [0, 0.1) is 0 Å². The highest BCUT2D eigenvalue weighted by molar-refractivity contribution is 6.07. The van der Waals surface area contributed by atoms with Crippen molar-refractivity contribution in [2.24, 2.45) is 0 Å². The van der Waals surface area contributed by atoms with Crippen LogP contribution in [0.3, 0.4) is 0 Å². The van der Waals surface area contributed by atoms with Gasteiger partial charge < -0.3 is 20.1 Å². The number of hydrogen-bond acceptors (Lipinski definition) is 5. The molecule has 1 heterocycles. The number of aromatic hydroxyl groups is 1. The topological polar surface area (TPSA) is 74.7 Å². The van der Waals surface area contributed by atoms with Crippen molar-refractivity contribution in [1.82, 2.24) is 15.2 Å². The van der Waals surface area contributed by atoms with Crippen molar-refractivity contribution in [1.29, 1.82) is 0 Å². The zero-order valence-corrected chi connectivity index (χ0v) is 28.0. The van der Waals surface area contributed by atoms with E-state index in [0.717, 1.165) is 51.0 Å². The summed E-state index contributed by atoms with van der Waals surface area (Å²) in [5, 5.41) is 13.9. The van der Waals surface area contributed by atoms with Gasteiger partial charge in [-0.05, 0) is 77.7 Å². The Morgan fingerprint density at radius 2 is 1.39 bits per heavy atom. The van der Waals surface area contributed by atoms with Gasteiger partial charge in [-0.15, -0.1) is 0 Å². The van der Waals surface area contributed by atoms with E-state index in [-0.39, 0.29) is 11.7 Å². The third-order valence-electron chi connectivity index (χ3n) is 8.63. The Bertz CT molecular complexity index is 2020. The molecule has 0 aliphatic rings. The van der Waals surface area contributed by atoms with E-state index in [1.165, 1.54) is 11.1 Å². The number of para-hydroxylation sites is 1. The Kier molecular flexibility index (Phi) is 10.8. The summed E-state index contributed by atoms with van der Waals surface area (Å²) in [4.78, 5) is 20.3. The average Bonchev–Trinajstić information content (AvgIpc) is 3.15. The fourth-order valence-corrected chi connectivity index (χ4v) is 6.03. The number of benzene rings is 5. The Balaban J connectivity index is 1.06. The maximum atomic E-state index is 13.3. The molecule has 6 rings (SSSR count). The first kappa shape index (κ1) is 33.2. The standard InChI is InChI=1S/C43H41N3O3/c1-3-37(31-12-6-4-7-13-31)42(33-18-22-35(47)23-19-33)34-20-24-36(25-21-34)49-29-28-46(2)27-26-44-43(48)39-30-41(32-14-8-5-9-15-32)45-40-17-11-10-16-38(39)40/h4-25,30,47H,3,26-29H2,1-2H3,(H,44,48)/b42-37+. The molecule has 2 N–H and O–H groups in total. The van der Waals surface area contributed by atoms with Crippen LogP contribution in [0.1, 0.15) is 40.4 Å². The molecule has 6 nitrogen and oxygen atoms in total. The molecule has 0 bridgehead atoms. The summed E-state index contributed by atoms with van der Waals surface area (Å²) >= 11 is 0. The number of carbonyl (C=O) groups excluding carboxylic acids is 1. The van der Waals surface area contributed by atoms with Crippen molar-refractivity contribution in [3.63, 3.8) is 0 Å². The summed E-state index contributed by atoms with van der Waals surface area (Å²) in [6.07, 6.45) is 0.860. The minimum atomic E-state index is -0.111. The third-order valence-corrected chi connectivity index (χ3v) is 8.63. The lowest BCUT2D eigenvalue weighted by Gasteiger charge is -2.18. The summed E-state index contributed by atoms with van der Waals surface area (Å²) < 4.78 is 6.12. The number of allylic oxidation sites excluding steroid dienone is 1. The molecule has 0 fully saturated rings.